The molecular weight excluding hydrogens is 187 g/mol. The third kappa shape index (κ3) is 1.47. The van der Waals surface area contributed by atoms with Gasteiger partial charge in [-0.2, -0.15) is 0 Å². The summed E-state index contributed by atoms with van der Waals surface area (Å²) in [5.74, 6) is 1.38. The molecule has 2 saturated carbocycles. The second-order valence-corrected chi connectivity index (χ2v) is 6.62. The minimum absolute atomic E-state index is 0.182. The van der Waals surface area contributed by atoms with Crippen LogP contribution >= 0.6 is 7.60 Å². The Morgan fingerprint density at radius 3 is 2.23 bits per heavy atom. The van der Waals surface area contributed by atoms with Gasteiger partial charge in [0.1, 0.15) is 0 Å². The Bertz CT molecular complexity index is 233. The van der Waals surface area contributed by atoms with E-state index in [-0.39, 0.29) is 5.66 Å². The second kappa shape index (κ2) is 3.38. The molecule has 0 spiro atoms. The van der Waals surface area contributed by atoms with Crippen LogP contribution in [0.25, 0.3) is 0 Å². The fourth-order valence-electron chi connectivity index (χ4n) is 2.94. The summed E-state index contributed by atoms with van der Waals surface area (Å²) in [6.07, 6.45) is 4.81. The van der Waals surface area contributed by atoms with Crippen molar-refractivity contribution in [1.82, 2.24) is 0 Å². The smallest absolute Gasteiger partial charge is 0.312 e. The average molecular weight is 204 g/mol. The van der Waals surface area contributed by atoms with Crippen molar-refractivity contribution in [1.29, 1.82) is 0 Å². The van der Waals surface area contributed by atoms with Crippen molar-refractivity contribution in [2.24, 2.45) is 11.8 Å². The number of fused-ring (bicyclic) bond motifs is 2. The van der Waals surface area contributed by atoms with Crippen LogP contribution in [0.3, 0.4) is 0 Å². The van der Waals surface area contributed by atoms with Crippen LogP contribution in [0.2, 0.25) is 0 Å². The highest BCUT2D eigenvalue weighted by atomic mass is 31.2. The Labute approximate surface area is 79.3 Å². The molecule has 2 aliphatic rings. The van der Waals surface area contributed by atoms with Crippen molar-refractivity contribution in [3.05, 3.63) is 0 Å². The van der Waals surface area contributed by atoms with E-state index < -0.39 is 7.60 Å². The summed E-state index contributed by atoms with van der Waals surface area (Å²) in [5.41, 5.74) is 0.182. The minimum atomic E-state index is -2.77. The van der Waals surface area contributed by atoms with Gasteiger partial charge in [0, 0.05) is 14.2 Å². The quantitative estimate of drug-likeness (QED) is 0.663. The Morgan fingerprint density at radius 1 is 1.15 bits per heavy atom. The van der Waals surface area contributed by atoms with Crippen LogP contribution in [-0.4, -0.2) is 19.9 Å². The van der Waals surface area contributed by atoms with E-state index in [0.717, 1.165) is 12.3 Å². The highest BCUT2D eigenvalue weighted by Gasteiger charge is 2.49. The fraction of sp³-hybridized carbons (Fsp3) is 1.00. The van der Waals surface area contributed by atoms with Gasteiger partial charge in [0.2, 0.25) is 0 Å². The molecule has 0 aliphatic heterocycles. The Kier molecular flexibility index (Phi) is 2.52. The molecule has 4 heteroatoms. The third-order valence-corrected chi connectivity index (χ3v) is 6.08. The van der Waals surface area contributed by atoms with Crippen LogP contribution < -0.4 is 0 Å². The zero-order valence-corrected chi connectivity index (χ0v) is 9.13. The summed E-state index contributed by atoms with van der Waals surface area (Å²) in [4.78, 5) is 0. The summed E-state index contributed by atoms with van der Waals surface area (Å²) in [5, 5.41) is 0. The first-order chi connectivity index (χ1) is 6.19. The molecule has 13 heavy (non-hydrogen) atoms. The van der Waals surface area contributed by atoms with E-state index in [2.05, 4.69) is 0 Å². The maximum Gasteiger partial charge on any atom is 0.333 e. The lowest BCUT2D eigenvalue weighted by molar-refractivity contribution is 0.252. The van der Waals surface area contributed by atoms with E-state index >= 15 is 0 Å². The Balaban J connectivity index is 2.13. The molecule has 2 aliphatic carbocycles. The first kappa shape index (κ1) is 9.70. The molecule has 0 N–H and O–H groups in total. The predicted octanol–water partition coefficient (Wildman–Crippen LogP) is 2.66. The zero-order valence-electron chi connectivity index (χ0n) is 8.23. The normalized spacial score (nSPS) is 38.5. The molecular formula is C9H17O3P. The van der Waals surface area contributed by atoms with E-state index in [1.165, 1.54) is 33.5 Å². The molecule has 0 aromatic carbocycles. The van der Waals surface area contributed by atoms with Crippen LogP contribution in [0.4, 0.5) is 0 Å². The molecule has 0 aromatic rings. The molecule has 0 aromatic heterocycles. The Morgan fingerprint density at radius 2 is 1.85 bits per heavy atom. The van der Waals surface area contributed by atoms with Gasteiger partial charge in [-0.15, -0.1) is 0 Å². The van der Waals surface area contributed by atoms with Crippen LogP contribution in [0.15, 0.2) is 0 Å². The van der Waals surface area contributed by atoms with Crippen LogP contribution in [0.1, 0.15) is 25.7 Å². The topological polar surface area (TPSA) is 35.5 Å². The maximum absolute atomic E-state index is 12.1. The zero-order chi connectivity index (χ0) is 9.47. The van der Waals surface area contributed by atoms with Crippen molar-refractivity contribution in [2.75, 3.05) is 14.2 Å². The predicted molar refractivity (Wildman–Crippen MR) is 50.9 cm³/mol. The van der Waals surface area contributed by atoms with Gasteiger partial charge in [-0.3, -0.25) is 4.57 Å². The van der Waals surface area contributed by atoms with Crippen molar-refractivity contribution < 1.29 is 13.6 Å². The van der Waals surface area contributed by atoms with E-state index in [9.17, 15) is 4.57 Å². The average Bonchev–Trinajstić information content (AvgIpc) is 2.77. The first-order valence-electron chi connectivity index (χ1n) is 4.91. The van der Waals surface area contributed by atoms with E-state index in [0.29, 0.717) is 5.92 Å². The number of rotatable bonds is 3. The van der Waals surface area contributed by atoms with Crippen molar-refractivity contribution in [3.8, 4) is 0 Å². The standard InChI is InChI=1S/C9H17O3P/c1-11-13(10,12-2)9-6-7-3-4-8(9)5-7/h7-9H,3-6H2,1-2H3/t7-,8+,9-/m1/s1. The maximum atomic E-state index is 12.1. The molecule has 2 bridgehead atoms. The van der Waals surface area contributed by atoms with E-state index in [1.807, 2.05) is 0 Å². The minimum Gasteiger partial charge on any atom is -0.312 e. The van der Waals surface area contributed by atoms with Gasteiger partial charge in [-0.1, -0.05) is 6.42 Å². The van der Waals surface area contributed by atoms with E-state index in [4.69, 9.17) is 9.05 Å². The molecule has 0 heterocycles. The summed E-state index contributed by atoms with van der Waals surface area (Å²) in [7, 11) is 0.222. The van der Waals surface area contributed by atoms with Gasteiger partial charge < -0.3 is 9.05 Å². The van der Waals surface area contributed by atoms with Gasteiger partial charge in [0.25, 0.3) is 0 Å². The second-order valence-electron chi connectivity index (χ2n) is 4.15. The molecule has 3 nitrogen and oxygen atoms in total. The molecule has 2 fully saturated rings. The van der Waals surface area contributed by atoms with Gasteiger partial charge in [-0.05, 0) is 31.1 Å². The van der Waals surface area contributed by atoms with Gasteiger partial charge in [0.15, 0.2) is 0 Å². The monoisotopic (exact) mass is 204 g/mol. The van der Waals surface area contributed by atoms with Crippen molar-refractivity contribution >= 4 is 7.60 Å². The van der Waals surface area contributed by atoms with Gasteiger partial charge in [0.05, 0.1) is 5.66 Å². The first-order valence-corrected chi connectivity index (χ1v) is 6.52. The van der Waals surface area contributed by atoms with Crippen LogP contribution in [0.5, 0.6) is 0 Å². The molecule has 0 unspecified atom stereocenters. The number of hydrogen-bond donors (Lipinski definition) is 0. The van der Waals surface area contributed by atoms with Crippen molar-refractivity contribution in [2.45, 2.75) is 31.3 Å². The molecule has 76 valence electrons. The fourth-order valence-corrected chi connectivity index (χ4v) is 4.98. The van der Waals surface area contributed by atoms with Gasteiger partial charge in [-0.25, -0.2) is 0 Å². The van der Waals surface area contributed by atoms with Crippen LogP contribution in [0, 0.1) is 11.8 Å². The summed E-state index contributed by atoms with van der Waals surface area (Å²) < 4.78 is 22.2. The molecule has 0 radical (unpaired) electrons. The summed E-state index contributed by atoms with van der Waals surface area (Å²) >= 11 is 0. The number of hydrogen-bond acceptors (Lipinski definition) is 3. The molecule has 2 rings (SSSR count). The largest absolute Gasteiger partial charge is 0.333 e. The SMILES string of the molecule is COP(=O)(OC)[C@@H]1C[C@@H]2CC[C@H]1C2. The van der Waals surface area contributed by atoms with Crippen molar-refractivity contribution in [3.63, 3.8) is 0 Å². The summed E-state index contributed by atoms with van der Waals surface area (Å²) in [6, 6.07) is 0. The third-order valence-electron chi connectivity index (χ3n) is 3.62. The highest BCUT2D eigenvalue weighted by molar-refractivity contribution is 7.54. The molecule has 0 amide bonds. The summed E-state index contributed by atoms with van der Waals surface area (Å²) in [6.45, 7) is 0. The van der Waals surface area contributed by atoms with Gasteiger partial charge >= 0.3 is 7.60 Å². The lowest BCUT2D eigenvalue weighted by atomic mass is 10.0. The Hall–Kier alpha value is 0.150. The highest BCUT2D eigenvalue weighted by Crippen LogP contribution is 2.63. The lowest BCUT2D eigenvalue weighted by Crippen LogP contribution is -2.18. The van der Waals surface area contributed by atoms with Crippen LogP contribution in [-0.2, 0) is 13.6 Å². The molecule has 0 saturated heterocycles. The van der Waals surface area contributed by atoms with E-state index in [1.54, 1.807) is 0 Å². The lowest BCUT2D eigenvalue weighted by Gasteiger charge is -2.27. The molecule has 3 atom stereocenters.